The molecule has 1 fully saturated rings. The van der Waals surface area contributed by atoms with Crippen LogP contribution in [0.1, 0.15) is 18.4 Å². The maximum absolute atomic E-state index is 12.9. The predicted molar refractivity (Wildman–Crippen MR) is 99.8 cm³/mol. The molecule has 0 aliphatic carbocycles. The van der Waals surface area contributed by atoms with Gasteiger partial charge in [0.1, 0.15) is 12.1 Å². The Morgan fingerprint density at radius 3 is 2.67 bits per heavy atom. The van der Waals surface area contributed by atoms with Crippen LogP contribution in [0.5, 0.6) is 0 Å². The lowest BCUT2D eigenvalue weighted by molar-refractivity contribution is -0.131. The minimum atomic E-state index is -1.11. The summed E-state index contributed by atoms with van der Waals surface area (Å²) in [5, 5.41) is 3.34. The molecule has 3 amide bonds. The number of nitrogens with zero attached hydrogens (tertiary/aromatic N) is 2. The van der Waals surface area contributed by atoms with E-state index in [1.165, 1.54) is 0 Å². The number of imide groups is 1. The summed E-state index contributed by atoms with van der Waals surface area (Å²) in [7, 11) is 0. The second-order valence-electron chi connectivity index (χ2n) is 6.44. The van der Waals surface area contributed by atoms with Crippen LogP contribution in [-0.4, -0.2) is 21.8 Å². The van der Waals surface area contributed by atoms with Gasteiger partial charge in [0.05, 0.1) is 6.20 Å². The lowest BCUT2D eigenvalue weighted by Gasteiger charge is -2.21. The Morgan fingerprint density at radius 2 is 1.93 bits per heavy atom. The van der Waals surface area contributed by atoms with Crippen molar-refractivity contribution >= 4 is 23.5 Å². The van der Waals surface area contributed by atoms with Crippen LogP contribution in [-0.2, 0) is 16.9 Å². The van der Waals surface area contributed by atoms with Crippen LogP contribution in [0.4, 0.5) is 4.79 Å². The van der Waals surface area contributed by atoms with E-state index in [-0.39, 0.29) is 18.3 Å². The fourth-order valence-corrected chi connectivity index (χ4v) is 3.29. The summed E-state index contributed by atoms with van der Waals surface area (Å²) in [6, 6.07) is 15.8. The zero-order valence-corrected chi connectivity index (χ0v) is 15.2. The van der Waals surface area contributed by atoms with Gasteiger partial charge in [0.2, 0.25) is 5.89 Å². The Kier molecular flexibility index (Phi) is 4.20. The summed E-state index contributed by atoms with van der Waals surface area (Å²) >= 11 is 6.00. The molecule has 1 atom stereocenters. The summed E-state index contributed by atoms with van der Waals surface area (Å²) in [6.45, 7) is 1.64. The lowest BCUT2D eigenvalue weighted by atomic mass is 9.92. The summed E-state index contributed by atoms with van der Waals surface area (Å²) in [6.07, 6.45) is 1.55. The van der Waals surface area contributed by atoms with Crippen molar-refractivity contribution in [2.45, 2.75) is 19.0 Å². The standard InChI is InChI=1S/C20H16ClN3O3/c1-20(14-7-3-2-4-8-14)18(25)24(19(26)23-20)12-17-22-11-16(27-17)13-6-5-9-15(21)10-13/h2-11H,12H2,1H3,(H,23,26). The highest BCUT2D eigenvalue weighted by Gasteiger charge is 2.49. The Balaban J connectivity index is 1.57. The van der Waals surface area contributed by atoms with Gasteiger partial charge in [0.15, 0.2) is 5.76 Å². The van der Waals surface area contributed by atoms with Crippen molar-refractivity contribution in [2.24, 2.45) is 0 Å². The van der Waals surface area contributed by atoms with E-state index >= 15 is 0 Å². The second-order valence-corrected chi connectivity index (χ2v) is 6.88. The molecule has 1 N–H and O–H groups in total. The van der Waals surface area contributed by atoms with Gasteiger partial charge in [-0.25, -0.2) is 9.78 Å². The van der Waals surface area contributed by atoms with E-state index in [4.69, 9.17) is 16.0 Å². The molecule has 3 aromatic rings. The van der Waals surface area contributed by atoms with Crippen molar-refractivity contribution in [1.29, 1.82) is 0 Å². The Labute approximate surface area is 160 Å². The number of urea groups is 1. The number of carbonyl (C=O) groups excluding carboxylic acids is 2. The number of rotatable bonds is 4. The lowest BCUT2D eigenvalue weighted by Crippen LogP contribution is -2.40. The van der Waals surface area contributed by atoms with Gasteiger partial charge < -0.3 is 9.73 Å². The topological polar surface area (TPSA) is 75.4 Å². The highest BCUT2D eigenvalue weighted by molar-refractivity contribution is 6.30. The number of halogens is 1. The number of aromatic nitrogens is 1. The van der Waals surface area contributed by atoms with Crippen LogP contribution in [0.2, 0.25) is 5.02 Å². The summed E-state index contributed by atoms with van der Waals surface area (Å²) in [5.41, 5.74) is 0.381. The molecule has 136 valence electrons. The van der Waals surface area contributed by atoms with Gasteiger partial charge in [-0.15, -0.1) is 0 Å². The van der Waals surface area contributed by atoms with Crippen molar-refractivity contribution in [3.63, 3.8) is 0 Å². The first kappa shape index (κ1) is 17.3. The van der Waals surface area contributed by atoms with E-state index in [1.54, 1.807) is 25.3 Å². The Morgan fingerprint density at radius 1 is 1.15 bits per heavy atom. The number of hydrogen-bond donors (Lipinski definition) is 1. The number of carbonyl (C=O) groups is 2. The summed E-state index contributed by atoms with van der Waals surface area (Å²) < 4.78 is 5.71. The van der Waals surface area contributed by atoms with Gasteiger partial charge in [-0.2, -0.15) is 0 Å². The molecule has 1 aromatic heterocycles. The first-order valence-electron chi connectivity index (χ1n) is 8.38. The van der Waals surface area contributed by atoms with Crippen LogP contribution in [0.25, 0.3) is 11.3 Å². The molecule has 1 unspecified atom stereocenters. The van der Waals surface area contributed by atoms with Crippen LogP contribution in [0.15, 0.2) is 65.2 Å². The monoisotopic (exact) mass is 381 g/mol. The average Bonchev–Trinajstić information content (AvgIpc) is 3.22. The van der Waals surface area contributed by atoms with Gasteiger partial charge in [-0.1, -0.05) is 54.1 Å². The third-order valence-electron chi connectivity index (χ3n) is 4.58. The largest absolute Gasteiger partial charge is 0.439 e. The van der Waals surface area contributed by atoms with Gasteiger partial charge >= 0.3 is 6.03 Å². The fourth-order valence-electron chi connectivity index (χ4n) is 3.10. The summed E-state index contributed by atoms with van der Waals surface area (Å²) in [4.78, 5) is 30.6. The molecule has 2 heterocycles. The predicted octanol–water partition coefficient (Wildman–Crippen LogP) is 3.96. The minimum absolute atomic E-state index is 0.0480. The zero-order valence-electron chi connectivity index (χ0n) is 14.5. The molecule has 1 saturated heterocycles. The SMILES string of the molecule is CC1(c2ccccc2)NC(=O)N(Cc2ncc(-c3cccc(Cl)c3)o2)C1=O. The van der Waals surface area contributed by atoms with E-state index in [1.807, 2.05) is 42.5 Å². The second kappa shape index (κ2) is 6.55. The third-order valence-corrected chi connectivity index (χ3v) is 4.82. The van der Waals surface area contributed by atoms with E-state index in [0.29, 0.717) is 10.8 Å². The van der Waals surface area contributed by atoms with Crippen molar-refractivity contribution in [3.05, 3.63) is 77.3 Å². The normalized spacial score (nSPS) is 19.4. The van der Waals surface area contributed by atoms with E-state index in [9.17, 15) is 9.59 Å². The maximum Gasteiger partial charge on any atom is 0.325 e. The van der Waals surface area contributed by atoms with E-state index in [0.717, 1.165) is 16.0 Å². The molecule has 0 saturated carbocycles. The van der Waals surface area contributed by atoms with Crippen molar-refractivity contribution in [3.8, 4) is 11.3 Å². The number of benzene rings is 2. The van der Waals surface area contributed by atoms with Crippen LogP contribution in [0.3, 0.4) is 0 Å². The molecule has 2 aromatic carbocycles. The molecule has 0 spiro atoms. The van der Waals surface area contributed by atoms with Crippen molar-refractivity contribution < 1.29 is 14.0 Å². The summed E-state index contributed by atoms with van der Waals surface area (Å²) in [5.74, 6) is 0.442. The molecule has 6 nitrogen and oxygen atoms in total. The highest BCUT2D eigenvalue weighted by Crippen LogP contribution is 2.30. The first-order chi connectivity index (χ1) is 13.0. The van der Waals surface area contributed by atoms with Crippen molar-refractivity contribution in [1.82, 2.24) is 15.2 Å². The molecular weight excluding hydrogens is 366 g/mol. The van der Waals surface area contributed by atoms with Gasteiger partial charge in [0, 0.05) is 10.6 Å². The number of nitrogens with one attached hydrogen (secondary N) is 1. The smallest absolute Gasteiger partial charge is 0.325 e. The molecule has 1 aliphatic heterocycles. The molecule has 4 rings (SSSR count). The van der Waals surface area contributed by atoms with Crippen molar-refractivity contribution in [2.75, 3.05) is 0 Å². The van der Waals surface area contributed by atoms with Crippen LogP contribution < -0.4 is 5.32 Å². The van der Waals surface area contributed by atoms with Gasteiger partial charge in [0.25, 0.3) is 5.91 Å². The molecule has 7 heteroatoms. The molecule has 1 aliphatic rings. The molecular formula is C20H16ClN3O3. The van der Waals surface area contributed by atoms with Crippen LogP contribution in [0, 0.1) is 0 Å². The maximum atomic E-state index is 12.9. The third kappa shape index (κ3) is 3.08. The molecule has 0 bridgehead atoms. The first-order valence-corrected chi connectivity index (χ1v) is 8.75. The number of oxazole rings is 1. The van der Waals surface area contributed by atoms with E-state index < -0.39 is 11.6 Å². The molecule has 0 radical (unpaired) electrons. The van der Waals surface area contributed by atoms with Gasteiger partial charge in [-0.3, -0.25) is 9.69 Å². The zero-order chi connectivity index (χ0) is 19.0. The number of hydrogen-bond acceptors (Lipinski definition) is 4. The van der Waals surface area contributed by atoms with E-state index in [2.05, 4.69) is 10.3 Å². The minimum Gasteiger partial charge on any atom is -0.439 e. The number of amides is 3. The van der Waals surface area contributed by atoms with Gasteiger partial charge in [-0.05, 0) is 24.6 Å². The quantitative estimate of drug-likeness (QED) is 0.694. The Hall–Kier alpha value is -3.12. The Bertz CT molecular complexity index is 1020. The van der Waals surface area contributed by atoms with Crippen LogP contribution >= 0.6 is 11.6 Å². The fraction of sp³-hybridized carbons (Fsp3) is 0.150. The molecule has 27 heavy (non-hydrogen) atoms. The highest BCUT2D eigenvalue weighted by atomic mass is 35.5. The average molecular weight is 382 g/mol.